The van der Waals surface area contributed by atoms with Crippen LogP contribution in [-0.4, -0.2) is 37.0 Å². The Kier molecular flexibility index (Phi) is 8.79. The summed E-state index contributed by atoms with van der Waals surface area (Å²) in [7, 11) is 0. The third kappa shape index (κ3) is 6.49. The molecular formula is C18H28ClN3O2. The molecule has 0 spiro atoms. The number of benzene rings is 1. The van der Waals surface area contributed by atoms with Crippen LogP contribution >= 0.6 is 12.4 Å². The van der Waals surface area contributed by atoms with E-state index < -0.39 is 6.04 Å². The summed E-state index contributed by atoms with van der Waals surface area (Å²) in [6.45, 7) is 5.71. The van der Waals surface area contributed by atoms with Gasteiger partial charge in [0.2, 0.25) is 11.8 Å². The van der Waals surface area contributed by atoms with Crippen molar-refractivity contribution in [2.45, 2.75) is 45.2 Å². The van der Waals surface area contributed by atoms with E-state index >= 15 is 0 Å². The van der Waals surface area contributed by atoms with Crippen molar-refractivity contribution in [3.63, 3.8) is 0 Å². The van der Waals surface area contributed by atoms with E-state index in [4.69, 9.17) is 0 Å². The lowest BCUT2D eigenvalue weighted by Crippen LogP contribution is -2.55. The number of rotatable bonds is 6. The molecule has 0 saturated carbocycles. The second kappa shape index (κ2) is 10.3. The van der Waals surface area contributed by atoms with Gasteiger partial charge >= 0.3 is 0 Å². The van der Waals surface area contributed by atoms with Crippen molar-refractivity contribution < 1.29 is 9.59 Å². The predicted octanol–water partition coefficient (Wildman–Crippen LogP) is 1.66. The maximum Gasteiger partial charge on any atom is 0.243 e. The van der Waals surface area contributed by atoms with E-state index in [1.165, 1.54) is 0 Å². The quantitative estimate of drug-likeness (QED) is 0.728. The smallest absolute Gasteiger partial charge is 0.243 e. The summed E-state index contributed by atoms with van der Waals surface area (Å²) in [4.78, 5) is 24.7. The lowest BCUT2D eigenvalue weighted by atomic mass is 10.0. The van der Waals surface area contributed by atoms with Gasteiger partial charge in [-0.1, -0.05) is 44.2 Å². The zero-order valence-electron chi connectivity index (χ0n) is 14.4. The summed E-state index contributed by atoms with van der Waals surface area (Å²) in [5, 5.41) is 9.22. The minimum absolute atomic E-state index is 0. The first-order valence-corrected chi connectivity index (χ1v) is 8.40. The molecule has 1 aliphatic rings. The number of carbonyl (C=O) groups is 2. The molecule has 1 aromatic carbocycles. The molecule has 3 N–H and O–H groups in total. The average Bonchev–Trinajstić information content (AvgIpc) is 2.54. The van der Waals surface area contributed by atoms with Crippen LogP contribution in [0.1, 0.15) is 32.3 Å². The van der Waals surface area contributed by atoms with Gasteiger partial charge in [0.1, 0.15) is 6.04 Å². The van der Waals surface area contributed by atoms with Gasteiger partial charge in [-0.15, -0.1) is 12.4 Å². The van der Waals surface area contributed by atoms with Crippen molar-refractivity contribution in [1.82, 2.24) is 16.0 Å². The van der Waals surface area contributed by atoms with Crippen LogP contribution < -0.4 is 16.0 Å². The Morgan fingerprint density at radius 2 is 1.96 bits per heavy atom. The van der Waals surface area contributed by atoms with Crippen LogP contribution in [0.4, 0.5) is 0 Å². The van der Waals surface area contributed by atoms with E-state index in [1.54, 1.807) is 0 Å². The van der Waals surface area contributed by atoms with Gasteiger partial charge in [-0.05, 0) is 30.9 Å². The van der Waals surface area contributed by atoms with Crippen LogP contribution in [0.5, 0.6) is 0 Å². The van der Waals surface area contributed by atoms with Crippen LogP contribution in [0.15, 0.2) is 30.3 Å². The molecule has 1 heterocycles. The Labute approximate surface area is 150 Å². The third-order valence-electron chi connectivity index (χ3n) is 4.12. The number of hydrogen-bond acceptors (Lipinski definition) is 3. The SMILES string of the molecule is CC(C)C(NC(=O)Cc1ccccc1)C(=O)NC1CCCNC1.Cl. The van der Waals surface area contributed by atoms with Crippen LogP contribution in [0, 0.1) is 5.92 Å². The molecule has 0 bridgehead atoms. The topological polar surface area (TPSA) is 70.2 Å². The molecule has 5 nitrogen and oxygen atoms in total. The summed E-state index contributed by atoms with van der Waals surface area (Å²) in [5.74, 6) is -0.159. The lowest BCUT2D eigenvalue weighted by molar-refractivity contribution is -0.130. The van der Waals surface area contributed by atoms with Crippen molar-refractivity contribution in [3.8, 4) is 0 Å². The standard InChI is InChI=1S/C18H27N3O2.ClH/c1-13(2)17(18(23)20-15-9-6-10-19-12-15)21-16(22)11-14-7-4-3-5-8-14;/h3-5,7-8,13,15,17,19H,6,9-12H2,1-2H3,(H,20,23)(H,21,22);1H. The molecule has 2 amide bonds. The third-order valence-corrected chi connectivity index (χ3v) is 4.12. The zero-order valence-corrected chi connectivity index (χ0v) is 15.2. The van der Waals surface area contributed by atoms with Gasteiger partial charge in [0, 0.05) is 12.6 Å². The minimum Gasteiger partial charge on any atom is -0.350 e. The number of hydrogen-bond donors (Lipinski definition) is 3. The Morgan fingerprint density at radius 1 is 1.25 bits per heavy atom. The summed E-state index contributed by atoms with van der Waals surface area (Å²) >= 11 is 0. The molecule has 1 fully saturated rings. The fourth-order valence-corrected chi connectivity index (χ4v) is 2.81. The highest BCUT2D eigenvalue weighted by Gasteiger charge is 2.26. The first-order valence-electron chi connectivity index (χ1n) is 8.40. The van der Waals surface area contributed by atoms with Gasteiger partial charge in [-0.3, -0.25) is 9.59 Å². The molecular weight excluding hydrogens is 326 g/mol. The molecule has 24 heavy (non-hydrogen) atoms. The van der Waals surface area contributed by atoms with E-state index in [-0.39, 0.29) is 36.2 Å². The number of piperidine rings is 1. The van der Waals surface area contributed by atoms with Crippen molar-refractivity contribution in [2.75, 3.05) is 13.1 Å². The highest BCUT2D eigenvalue weighted by molar-refractivity contribution is 5.88. The molecule has 0 radical (unpaired) electrons. The van der Waals surface area contributed by atoms with Crippen molar-refractivity contribution in [2.24, 2.45) is 5.92 Å². The predicted molar refractivity (Wildman–Crippen MR) is 98.2 cm³/mol. The molecule has 6 heteroatoms. The number of carbonyl (C=O) groups excluding carboxylic acids is 2. The van der Waals surface area contributed by atoms with Crippen molar-refractivity contribution in [1.29, 1.82) is 0 Å². The summed E-state index contributed by atoms with van der Waals surface area (Å²) in [6, 6.07) is 9.23. The number of amides is 2. The molecule has 2 unspecified atom stereocenters. The van der Waals surface area contributed by atoms with Crippen LogP contribution in [0.25, 0.3) is 0 Å². The first-order chi connectivity index (χ1) is 11.1. The van der Waals surface area contributed by atoms with Gasteiger partial charge in [-0.25, -0.2) is 0 Å². The highest BCUT2D eigenvalue weighted by atomic mass is 35.5. The summed E-state index contributed by atoms with van der Waals surface area (Å²) in [5.41, 5.74) is 0.949. The Hall–Kier alpha value is -1.59. The first kappa shape index (κ1) is 20.5. The van der Waals surface area contributed by atoms with E-state index in [1.807, 2.05) is 44.2 Å². The second-order valence-electron chi connectivity index (χ2n) is 6.50. The Bertz CT molecular complexity index is 516. The molecule has 2 atom stereocenters. The monoisotopic (exact) mass is 353 g/mol. The normalized spacial score (nSPS) is 18.4. The maximum atomic E-state index is 12.5. The number of halogens is 1. The fraction of sp³-hybridized carbons (Fsp3) is 0.556. The highest BCUT2D eigenvalue weighted by Crippen LogP contribution is 2.07. The molecule has 0 aromatic heterocycles. The summed E-state index contributed by atoms with van der Waals surface area (Å²) in [6.07, 6.45) is 2.35. The Morgan fingerprint density at radius 3 is 2.54 bits per heavy atom. The minimum atomic E-state index is -0.492. The van der Waals surface area contributed by atoms with E-state index in [0.717, 1.165) is 31.5 Å². The average molecular weight is 354 g/mol. The molecule has 2 rings (SSSR count). The maximum absolute atomic E-state index is 12.5. The van der Waals surface area contributed by atoms with Crippen molar-refractivity contribution >= 4 is 24.2 Å². The largest absolute Gasteiger partial charge is 0.350 e. The van der Waals surface area contributed by atoms with E-state index in [0.29, 0.717) is 6.42 Å². The van der Waals surface area contributed by atoms with Gasteiger partial charge in [-0.2, -0.15) is 0 Å². The fourth-order valence-electron chi connectivity index (χ4n) is 2.81. The van der Waals surface area contributed by atoms with Crippen LogP contribution in [0.3, 0.4) is 0 Å². The van der Waals surface area contributed by atoms with Gasteiger partial charge in [0.15, 0.2) is 0 Å². The van der Waals surface area contributed by atoms with Gasteiger partial charge in [0.25, 0.3) is 0 Å². The van der Waals surface area contributed by atoms with E-state index in [9.17, 15) is 9.59 Å². The second-order valence-corrected chi connectivity index (χ2v) is 6.50. The van der Waals surface area contributed by atoms with Crippen LogP contribution in [0.2, 0.25) is 0 Å². The summed E-state index contributed by atoms with van der Waals surface area (Å²) < 4.78 is 0. The molecule has 1 aliphatic heterocycles. The van der Waals surface area contributed by atoms with Gasteiger partial charge < -0.3 is 16.0 Å². The van der Waals surface area contributed by atoms with Crippen LogP contribution in [-0.2, 0) is 16.0 Å². The molecule has 0 aliphatic carbocycles. The zero-order chi connectivity index (χ0) is 16.7. The van der Waals surface area contributed by atoms with E-state index in [2.05, 4.69) is 16.0 Å². The Balaban J connectivity index is 0.00000288. The van der Waals surface area contributed by atoms with Crippen molar-refractivity contribution in [3.05, 3.63) is 35.9 Å². The molecule has 1 aromatic rings. The van der Waals surface area contributed by atoms with Gasteiger partial charge in [0.05, 0.1) is 6.42 Å². The molecule has 134 valence electrons. The number of nitrogens with one attached hydrogen (secondary N) is 3. The lowest BCUT2D eigenvalue weighted by Gasteiger charge is -2.28. The molecule has 1 saturated heterocycles.